The lowest BCUT2D eigenvalue weighted by Gasteiger charge is -2.40. The van der Waals surface area contributed by atoms with Gasteiger partial charge < -0.3 is 5.32 Å². The van der Waals surface area contributed by atoms with Crippen LogP contribution in [0.25, 0.3) is 5.69 Å². The summed E-state index contributed by atoms with van der Waals surface area (Å²) < 4.78 is 27.9. The molecule has 0 aliphatic carbocycles. The monoisotopic (exact) mass is 438 g/mol. The lowest BCUT2D eigenvalue weighted by molar-refractivity contribution is -0.123. The number of benzene rings is 2. The predicted octanol–water partition coefficient (Wildman–Crippen LogP) is 3.19. The van der Waals surface area contributed by atoms with Crippen molar-refractivity contribution in [2.75, 3.05) is 24.2 Å². The van der Waals surface area contributed by atoms with E-state index >= 15 is 0 Å². The maximum Gasteiger partial charge on any atom is 0.235 e. The van der Waals surface area contributed by atoms with Crippen LogP contribution in [0.3, 0.4) is 0 Å². The minimum Gasteiger partial charge on any atom is -0.325 e. The molecule has 1 amide bonds. The van der Waals surface area contributed by atoms with Gasteiger partial charge in [0.1, 0.15) is 0 Å². The molecular weight excluding hydrogens is 412 g/mol. The first-order chi connectivity index (χ1) is 14.9. The third kappa shape index (κ3) is 4.26. The lowest BCUT2D eigenvalue weighted by atomic mass is 9.72. The Balaban J connectivity index is 1.57. The van der Waals surface area contributed by atoms with E-state index in [4.69, 9.17) is 0 Å². The third-order valence-corrected chi connectivity index (χ3v) is 7.87. The smallest absolute Gasteiger partial charge is 0.235 e. The second-order valence-corrected chi connectivity index (χ2v) is 9.96. The van der Waals surface area contributed by atoms with Crippen molar-refractivity contribution in [1.29, 1.82) is 0 Å². The number of nitrogens with zero attached hydrogens (tertiary/aromatic N) is 3. The van der Waals surface area contributed by atoms with E-state index in [0.29, 0.717) is 31.6 Å². The van der Waals surface area contributed by atoms with Gasteiger partial charge in [-0.3, -0.25) is 4.79 Å². The zero-order chi connectivity index (χ0) is 21.9. The van der Waals surface area contributed by atoms with E-state index in [1.54, 1.807) is 17.8 Å². The summed E-state index contributed by atoms with van der Waals surface area (Å²) in [4.78, 5) is 13.5. The van der Waals surface area contributed by atoms with Gasteiger partial charge in [-0.05, 0) is 55.7 Å². The number of anilines is 1. The number of hydrogen-bond donors (Lipinski definition) is 1. The van der Waals surface area contributed by atoms with Crippen LogP contribution in [-0.2, 0) is 20.2 Å². The number of amides is 1. The van der Waals surface area contributed by atoms with Crippen LogP contribution >= 0.6 is 0 Å². The molecule has 0 bridgehead atoms. The van der Waals surface area contributed by atoms with E-state index in [2.05, 4.69) is 10.4 Å². The largest absolute Gasteiger partial charge is 0.325 e. The van der Waals surface area contributed by atoms with Crippen molar-refractivity contribution >= 4 is 21.6 Å². The van der Waals surface area contributed by atoms with Gasteiger partial charge in [0.15, 0.2) is 0 Å². The van der Waals surface area contributed by atoms with Crippen LogP contribution in [0, 0.1) is 0 Å². The number of rotatable bonds is 6. The van der Waals surface area contributed by atoms with Crippen molar-refractivity contribution in [1.82, 2.24) is 14.1 Å². The Morgan fingerprint density at radius 3 is 2.29 bits per heavy atom. The predicted molar refractivity (Wildman–Crippen MR) is 121 cm³/mol. The van der Waals surface area contributed by atoms with E-state index in [1.807, 2.05) is 66.9 Å². The number of carbonyl (C=O) groups is 1. The van der Waals surface area contributed by atoms with Crippen molar-refractivity contribution in [3.05, 3.63) is 78.6 Å². The highest BCUT2D eigenvalue weighted by Crippen LogP contribution is 2.37. The quantitative estimate of drug-likeness (QED) is 0.641. The first kappa shape index (κ1) is 21.3. The van der Waals surface area contributed by atoms with Crippen molar-refractivity contribution < 1.29 is 13.2 Å². The fourth-order valence-corrected chi connectivity index (χ4v) is 5.21. The van der Waals surface area contributed by atoms with E-state index in [1.165, 1.54) is 4.31 Å². The fraction of sp³-hybridized carbons (Fsp3) is 0.304. The number of hydrogen-bond acceptors (Lipinski definition) is 4. The summed E-state index contributed by atoms with van der Waals surface area (Å²) in [7, 11) is -3.27. The summed E-state index contributed by atoms with van der Waals surface area (Å²) >= 11 is 0. The molecule has 1 aromatic heterocycles. The molecule has 7 nitrogen and oxygen atoms in total. The molecule has 162 valence electrons. The van der Waals surface area contributed by atoms with Gasteiger partial charge in [-0.25, -0.2) is 17.4 Å². The Morgan fingerprint density at radius 1 is 1.03 bits per heavy atom. The van der Waals surface area contributed by atoms with Gasteiger partial charge in [0.2, 0.25) is 15.9 Å². The minimum atomic E-state index is -3.27. The number of carbonyl (C=O) groups excluding carboxylic acids is 1. The molecule has 4 rings (SSSR count). The van der Waals surface area contributed by atoms with E-state index in [-0.39, 0.29) is 11.7 Å². The maximum atomic E-state index is 13.5. The molecule has 1 saturated heterocycles. The Labute approximate surface area is 182 Å². The molecule has 0 unspecified atom stereocenters. The molecule has 1 aliphatic heterocycles. The van der Waals surface area contributed by atoms with Crippen LogP contribution in [0.1, 0.15) is 25.3 Å². The standard InChI is InChI=1S/C23H26N4O3S/c1-2-31(29,30)26-17-13-23(14-18-26,19-7-4-3-5-8-19)22(28)25-20-9-11-21(12-10-20)27-16-6-15-24-27/h3-12,15-16H,2,13-14,17-18H2,1H3,(H,25,28). The minimum absolute atomic E-state index is 0.0696. The summed E-state index contributed by atoms with van der Waals surface area (Å²) in [5.41, 5.74) is 1.73. The summed E-state index contributed by atoms with van der Waals surface area (Å²) in [6, 6.07) is 19.0. The molecule has 0 saturated carbocycles. The Kier molecular flexibility index (Phi) is 5.93. The Bertz CT molecular complexity index is 1120. The Hall–Kier alpha value is -2.97. The van der Waals surface area contributed by atoms with Gasteiger partial charge in [0.25, 0.3) is 0 Å². The number of piperidine rings is 1. The SMILES string of the molecule is CCS(=O)(=O)N1CCC(C(=O)Nc2ccc(-n3cccn3)cc2)(c2ccccc2)CC1. The van der Waals surface area contributed by atoms with E-state index in [0.717, 1.165) is 11.3 Å². The molecule has 2 heterocycles. The molecule has 1 fully saturated rings. The van der Waals surface area contributed by atoms with Gasteiger partial charge in [-0.2, -0.15) is 5.10 Å². The molecule has 1 aliphatic rings. The van der Waals surface area contributed by atoms with Crippen LogP contribution in [0.5, 0.6) is 0 Å². The van der Waals surface area contributed by atoms with Gasteiger partial charge >= 0.3 is 0 Å². The molecule has 2 aromatic carbocycles. The van der Waals surface area contributed by atoms with Crippen LogP contribution in [0.4, 0.5) is 5.69 Å². The fourth-order valence-electron chi connectivity index (χ4n) is 4.10. The maximum absolute atomic E-state index is 13.5. The first-order valence-corrected chi connectivity index (χ1v) is 12.0. The second kappa shape index (κ2) is 8.64. The molecule has 3 aromatic rings. The van der Waals surface area contributed by atoms with E-state index < -0.39 is 15.4 Å². The van der Waals surface area contributed by atoms with Crippen LogP contribution in [0.2, 0.25) is 0 Å². The highest BCUT2D eigenvalue weighted by Gasteiger charge is 2.44. The summed E-state index contributed by atoms with van der Waals surface area (Å²) in [6.45, 7) is 2.31. The zero-order valence-electron chi connectivity index (χ0n) is 17.4. The van der Waals surface area contributed by atoms with Crippen molar-refractivity contribution in [2.45, 2.75) is 25.2 Å². The molecule has 0 radical (unpaired) electrons. The normalized spacial score (nSPS) is 16.7. The molecule has 1 N–H and O–H groups in total. The zero-order valence-corrected chi connectivity index (χ0v) is 18.3. The Morgan fingerprint density at radius 2 is 1.71 bits per heavy atom. The van der Waals surface area contributed by atoms with E-state index in [9.17, 15) is 13.2 Å². The van der Waals surface area contributed by atoms with Crippen molar-refractivity contribution in [2.24, 2.45) is 0 Å². The highest BCUT2D eigenvalue weighted by atomic mass is 32.2. The summed E-state index contributed by atoms with van der Waals surface area (Å²) in [5.74, 6) is -0.0424. The molecule has 0 spiro atoms. The lowest BCUT2D eigenvalue weighted by Crippen LogP contribution is -2.51. The number of aromatic nitrogens is 2. The van der Waals surface area contributed by atoms with Gasteiger partial charge in [0, 0.05) is 31.2 Å². The highest BCUT2D eigenvalue weighted by molar-refractivity contribution is 7.89. The van der Waals surface area contributed by atoms with Crippen LogP contribution in [-0.4, -0.2) is 47.3 Å². The first-order valence-electron chi connectivity index (χ1n) is 10.4. The summed E-state index contributed by atoms with van der Waals surface area (Å²) in [6.07, 6.45) is 4.45. The van der Waals surface area contributed by atoms with Gasteiger partial charge in [0.05, 0.1) is 16.9 Å². The topological polar surface area (TPSA) is 84.3 Å². The molecule has 8 heteroatoms. The third-order valence-electron chi connectivity index (χ3n) is 5.99. The average Bonchev–Trinajstić information content (AvgIpc) is 3.35. The van der Waals surface area contributed by atoms with Crippen molar-refractivity contribution in [3.63, 3.8) is 0 Å². The summed E-state index contributed by atoms with van der Waals surface area (Å²) in [5, 5.41) is 7.27. The van der Waals surface area contributed by atoms with Crippen LogP contribution < -0.4 is 5.32 Å². The van der Waals surface area contributed by atoms with Crippen molar-refractivity contribution in [3.8, 4) is 5.69 Å². The number of nitrogens with one attached hydrogen (secondary N) is 1. The second-order valence-electron chi connectivity index (χ2n) is 7.70. The molecular formula is C23H26N4O3S. The average molecular weight is 439 g/mol. The van der Waals surface area contributed by atoms with Crippen LogP contribution in [0.15, 0.2) is 73.1 Å². The van der Waals surface area contributed by atoms with Gasteiger partial charge in [-0.1, -0.05) is 30.3 Å². The molecule has 0 atom stereocenters. The molecule has 31 heavy (non-hydrogen) atoms. The van der Waals surface area contributed by atoms with Gasteiger partial charge in [-0.15, -0.1) is 0 Å². The number of sulfonamides is 1.